The number of ether oxygens (including phenoxy) is 2. The van der Waals surface area contributed by atoms with Gasteiger partial charge in [0.25, 0.3) is 0 Å². The molecule has 162 valence electrons. The molecule has 1 atom stereocenters. The molecule has 1 saturated heterocycles. The van der Waals surface area contributed by atoms with Crippen molar-refractivity contribution in [1.82, 2.24) is 10.6 Å². The van der Waals surface area contributed by atoms with E-state index in [1.807, 2.05) is 0 Å². The Balaban J connectivity index is 1.54. The first kappa shape index (κ1) is 21.7. The number of benzene rings is 2. The Morgan fingerprint density at radius 2 is 1.97 bits per heavy atom. The van der Waals surface area contributed by atoms with Gasteiger partial charge in [0.05, 0.1) is 7.11 Å². The zero-order chi connectivity index (χ0) is 21.5. The summed E-state index contributed by atoms with van der Waals surface area (Å²) in [4.78, 5) is 6.63. The summed E-state index contributed by atoms with van der Waals surface area (Å²) in [5.41, 5.74) is 3.25. The number of halogens is 2. The van der Waals surface area contributed by atoms with Gasteiger partial charge in [0.15, 0.2) is 17.5 Å². The molecule has 0 bridgehead atoms. The van der Waals surface area contributed by atoms with E-state index in [4.69, 9.17) is 4.74 Å². The van der Waals surface area contributed by atoms with Crippen LogP contribution in [0.25, 0.3) is 0 Å². The Kier molecular flexibility index (Phi) is 7.32. The van der Waals surface area contributed by atoms with Gasteiger partial charge in [-0.15, -0.1) is 0 Å². The summed E-state index contributed by atoms with van der Waals surface area (Å²) in [5, 5.41) is 6.67. The van der Waals surface area contributed by atoms with Crippen LogP contribution in [0.3, 0.4) is 0 Å². The van der Waals surface area contributed by atoms with Crippen molar-refractivity contribution in [3.8, 4) is 11.5 Å². The number of nitrogens with one attached hydrogen (secondary N) is 2. The molecule has 0 aliphatic carbocycles. The number of methoxy groups -OCH3 is 1. The van der Waals surface area contributed by atoms with Crippen LogP contribution in [0, 0.1) is 6.92 Å². The lowest BCUT2D eigenvalue weighted by Gasteiger charge is -2.20. The van der Waals surface area contributed by atoms with E-state index in [9.17, 15) is 8.78 Å². The lowest BCUT2D eigenvalue weighted by Crippen LogP contribution is -2.44. The van der Waals surface area contributed by atoms with Crippen LogP contribution in [0.2, 0.25) is 0 Å². The van der Waals surface area contributed by atoms with Crippen LogP contribution >= 0.6 is 0 Å². The Hall–Kier alpha value is -3.03. The molecule has 30 heavy (non-hydrogen) atoms. The Bertz CT molecular complexity index is 859. The molecular formula is C22H28F2N4O2. The van der Waals surface area contributed by atoms with Crippen molar-refractivity contribution in [2.24, 2.45) is 4.99 Å². The van der Waals surface area contributed by atoms with Crippen LogP contribution in [-0.4, -0.2) is 45.9 Å². The van der Waals surface area contributed by atoms with Crippen molar-refractivity contribution < 1.29 is 18.3 Å². The highest BCUT2D eigenvalue weighted by Gasteiger charge is 2.23. The predicted molar refractivity (Wildman–Crippen MR) is 115 cm³/mol. The molecule has 3 rings (SSSR count). The van der Waals surface area contributed by atoms with Crippen molar-refractivity contribution in [3.05, 3.63) is 53.6 Å². The standard InChI is InChI=1S/C22H28F2N4O2/c1-15-4-7-18(8-5-15)28-11-10-17(14-28)27-22(25-2)26-13-16-6-9-19(29-3)20(12-16)30-21(23)24/h4-9,12,17,21H,10-11,13-14H2,1-3H3,(H2,25,26,27). The number of nitrogens with zero attached hydrogens (tertiary/aromatic N) is 2. The molecular weight excluding hydrogens is 390 g/mol. The normalized spacial score (nSPS) is 16.7. The van der Waals surface area contributed by atoms with E-state index in [1.165, 1.54) is 18.4 Å². The molecule has 0 aromatic heterocycles. The second-order valence-electron chi connectivity index (χ2n) is 7.20. The molecule has 1 aliphatic heterocycles. The van der Waals surface area contributed by atoms with Gasteiger partial charge in [0.1, 0.15) is 0 Å². The summed E-state index contributed by atoms with van der Waals surface area (Å²) >= 11 is 0. The number of anilines is 1. The molecule has 2 N–H and O–H groups in total. The second-order valence-corrected chi connectivity index (χ2v) is 7.20. The van der Waals surface area contributed by atoms with E-state index >= 15 is 0 Å². The zero-order valence-corrected chi connectivity index (χ0v) is 17.5. The van der Waals surface area contributed by atoms with Crippen molar-refractivity contribution in [2.45, 2.75) is 32.5 Å². The number of guanidine groups is 1. The lowest BCUT2D eigenvalue weighted by atomic mass is 10.2. The van der Waals surface area contributed by atoms with Gasteiger partial charge in [-0.05, 0) is 43.2 Å². The van der Waals surface area contributed by atoms with Crippen molar-refractivity contribution in [3.63, 3.8) is 0 Å². The lowest BCUT2D eigenvalue weighted by molar-refractivity contribution is -0.0512. The first-order valence-corrected chi connectivity index (χ1v) is 9.89. The van der Waals surface area contributed by atoms with Crippen molar-refractivity contribution in [2.75, 3.05) is 32.1 Å². The smallest absolute Gasteiger partial charge is 0.387 e. The van der Waals surface area contributed by atoms with Gasteiger partial charge in [0.2, 0.25) is 0 Å². The third-order valence-corrected chi connectivity index (χ3v) is 5.06. The maximum Gasteiger partial charge on any atom is 0.387 e. The Morgan fingerprint density at radius 1 is 1.20 bits per heavy atom. The Labute approximate surface area is 175 Å². The molecule has 0 radical (unpaired) electrons. The second kappa shape index (κ2) is 10.1. The van der Waals surface area contributed by atoms with Crippen LogP contribution in [0.1, 0.15) is 17.5 Å². The fourth-order valence-corrected chi connectivity index (χ4v) is 3.46. The molecule has 1 aliphatic rings. The maximum absolute atomic E-state index is 12.6. The van der Waals surface area contributed by atoms with Crippen LogP contribution in [0.5, 0.6) is 11.5 Å². The summed E-state index contributed by atoms with van der Waals surface area (Å²) in [6, 6.07) is 13.8. The summed E-state index contributed by atoms with van der Waals surface area (Å²) in [6.45, 7) is 1.45. The molecule has 8 heteroatoms. The van der Waals surface area contributed by atoms with E-state index in [0.29, 0.717) is 12.5 Å². The van der Waals surface area contributed by atoms with Crippen LogP contribution in [0.15, 0.2) is 47.5 Å². The summed E-state index contributed by atoms with van der Waals surface area (Å²) in [5.74, 6) is 0.945. The van der Waals surface area contributed by atoms with Crippen LogP contribution in [-0.2, 0) is 6.54 Å². The molecule has 1 heterocycles. The molecule has 0 spiro atoms. The SMILES string of the molecule is CN=C(NCc1ccc(OC)c(OC(F)F)c1)NC1CCN(c2ccc(C)cc2)C1. The monoisotopic (exact) mass is 418 g/mol. The number of aliphatic imine (C=N–C) groups is 1. The number of rotatable bonds is 7. The topological polar surface area (TPSA) is 58.1 Å². The van der Waals surface area contributed by atoms with Crippen LogP contribution in [0.4, 0.5) is 14.5 Å². The first-order chi connectivity index (χ1) is 14.5. The summed E-state index contributed by atoms with van der Waals surface area (Å²) < 4.78 is 34.8. The van der Waals surface area contributed by atoms with E-state index in [0.717, 1.165) is 25.1 Å². The fraction of sp³-hybridized carbons (Fsp3) is 0.409. The molecule has 2 aromatic carbocycles. The van der Waals surface area contributed by atoms with Crippen molar-refractivity contribution >= 4 is 11.6 Å². The molecule has 0 amide bonds. The third kappa shape index (κ3) is 5.75. The average molecular weight is 418 g/mol. The van der Waals surface area contributed by atoms with Crippen molar-refractivity contribution in [1.29, 1.82) is 0 Å². The van der Waals surface area contributed by atoms with E-state index in [1.54, 1.807) is 25.2 Å². The highest BCUT2D eigenvalue weighted by atomic mass is 19.3. The fourth-order valence-electron chi connectivity index (χ4n) is 3.46. The van der Waals surface area contributed by atoms with Gasteiger partial charge in [-0.1, -0.05) is 23.8 Å². The summed E-state index contributed by atoms with van der Waals surface area (Å²) in [6.07, 6.45) is 1.00. The largest absolute Gasteiger partial charge is 0.493 e. The maximum atomic E-state index is 12.6. The molecule has 1 fully saturated rings. The number of hydrogen-bond acceptors (Lipinski definition) is 4. The molecule has 0 saturated carbocycles. The minimum absolute atomic E-state index is 0.0132. The quantitative estimate of drug-likeness (QED) is 0.532. The minimum Gasteiger partial charge on any atom is -0.493 e. The van der Waals surface area contributed by atoms with Gasteiger partial charge in [-0.3, -0.25) is 4.99 Å². The van der Waals surface area contributed by atoms with Gasteiger partial charge in [-0.2, -0.15) is 8.78 Å². The molecule has 2 aromatic rings. The third-order valence-electron chi connectivity index (χ3n) is 5.06. The Morgan fingerprint density at radius 3 is 2.63 bits per heavy atom. The van der Waals surface area contributed by atoms with E-state index in [2.05, 4.69) is 56.5 Å². The molecule has 1 unspecified atom stereocenters. The van der Waals surface area contributed by atoms with Gasteiger partial charge in [-0.25, -0.2) is 0 Å². The van der Waals surface area contributed by atoms with Crippen LogP contribution < -0.4 is 25.0 Å². The predicted octanol–water partition coefficient (Wildman–Crippen LogP) is 3.55. The number of hydrogen-bond donors (Lipinski definition) is 2. The average Bonchev–Trinajstić information content (AvgIpc) is 3.20. The molecule has 6 nitrogen and oxygen atoms in total. The zero-order valence-electron chi connectivity index (χ0n) is 17.5. The van der Waals surface area contributed by atoms with E-state index < -0.39 is 6.61 Å². The van der Waals surface area contributed by atoms with Gasteiger partial charge < -0.3 is 25.0 Å². The number of alkyl halides is 2. The van der Waals surface area contributed by atoms with Gasteiger partial charge >= 0.3 is 6.61 Å². The van der Waals surface area contributed by atoms with E-state index in [-0.39, 0.29) is 17.5 Å². The highest BCUT2D eigenvalue weighted by molar-refractivity contribution is 5.80. The minimum atomic E-state index is -2.91. The summed E-state index contributed by atoms with van der Waals surface area (Å²) in [7, 11) is 3.13. The van der Waals surface area contributed by atoms with Gasteiger partial charge in [0, 0.05) is 38.4 Å². The number of aryl methyl sites for hydroxylation is 1. The first-order valence-electron chi connectivity index (χ1n) is 9.89. The highest BCUT2D eigenvalue weighted by Crippen LogP contribution is 2.29.